The Kier molecular flexibility index (Phi) is 7.18. The van der Waals surface area contributed by atoms with Crippen LogP contribution in [0.3, 0.4) is 0 Å². The highest BCUT2D eigenvalue weighted by atomic mass is 16.5. The van der Waals surface area contributed by atoms with Crippen molar-refractivity contribution in [3.05, 3.63) is 71.9 Å². The number of nitrogens with one attached hydrogen (secondary N) is 4. The molecule has 0 radical (unpaired) electrons. The van der Waals surface area contributed by atoms with E-state index in [-0.39, 0.29) is 24.0 Å². The molecule has 3 aromatic rings. The summed E-state index contributed by atoms with van der Waals surface area (Å²) in [5.41, 5.74) is 8.28. The molecule has 1 aliphatic carbocycles. The van der Waals surface area contributed by atoms with Crippen molar-refractivity contribution in [3.8, 4) is 0 Å². The number of aromatic nitrogens is 3. The van der Waals surface area contributed by atoms with E-state index < -0.39 is 23.9 Å². The van der Waals surface area contributed by atoms with Crippen LogP contribution in [0.25, 0.3) is 30.1 Å². The van der Waals surface area contributed by atoms with Crippen molar-refractivity contribution < 1.29 is 29.3 Å². The molecule has 5 heterocycles. The zero-order chi connectivity index (χ0) is 31.6. The van der Waals surface area contributed by atoms with Crippen LogP contribution in [0.15, 0.2) is 5.70 Å². The van der Waals surface area contributed by atoms with E-state index in [0.717, 1.165) is 68.4 Å². The summed E-state index contributed by atoms with van der Waals surface area (Å²) in [5.74, 6) is -3.36. The van der Waals surface area contributed by atoms with Gasteiger partial charge in [0.25, 0.3) is 0 Å². The number of hydrogen-bond donors (Lipinski definition) is 6. The van der Waals surface area contributed by atoms with Gasteiger partial charge in [-0.05, 0) is 85.6 Å². The normalized spacial score (nSPS) is 25.1. The minimum absolute atomic E-state index is 0.0570. The van der Waals surface area contributed by atoms with Crippen LogP contribution in [-0.2, 0) is 20.7 Å². The number of carboxylic acids is 1. The standard InChI is InChI=1S/C34H38N4O6/c1-7-18-14(2)22-11-26-20(13-39)16(4)21(36-26)10-23-15(3)19(8-9-27(40)41)31(37-23)29-30(34(43)44-6)33(42)28-17(5)24(38-32(28)29)12-25(18)35-22/h10-13,15,19,30-31,35-39H,7-9H2,1-6H3,(H,40,41)/b20-13+,23-10-,24-12-,26-11-/t15-,19-,30+,31?/m0/s1. The van der Waals surface area contributed by atoms with Gasteiger partial charge in [0, 0.05) is 51.2 Å². The van der Waals surface area contributed by atoms with Gasteiger partial charge in [-0.1, -0.05) is 13.8 Å². The number of ether oxygens (including phenoxy) is 1. The fourth-order valence-electron chi connectivity index (χ4n) is 7.45. The Bertz CT molecular complexity index is 2020. The number of methoxy groups -OCH3 is 1. The number of esters is 1. The van der Waals surface area contributed by atoms with E-state index in [1.807, 2.05) is 39.0 Å². The first kappa shape index (κ1) is 29.3. The largest absolute Gasteiger partial charge is 0.515 e. The highest BCUT2D eigenvalue weighted by Gasteiger charge is 2.49. The number of allylic oxidation sites excluding steroid dienone is 1. The van der Waals surface area contributed by atoms with E-state index in [1.165, 1.54) is 7.11 Å². The van der Waals surface area contributed by atoms with Crippen molar-refractivity contribution in [2.75, 3.05) is 7.11 Å². The van der Waals surface area contributed by atoms with Crippen molar-refractivity contribution in [1.82, 2.24) is 20.3 Å². The summed E-state index contributed by atoms with van der Waals surface area (Å²) in [6, 6.07) is -0.501. The summed E-state index contributed by atoms with van der Waals surface area (Å²) in [5, 5.41) is 26.2. The first-order valence-electron chi connectivity index (χ1n) is 15.0. The number of rotatable bonds is 5. The average Bonchev–Trinajstić information content (AvgIpc) is 3.72. The quantitative estimate of drug-likeness (QED) is 0.193. The van der Waals surface area contributed by atoms with Gasteiger partial charge in [-0.15, -0.1) is 0 Å². The Balaban J connectivity index is 1.73. The van der Waals surface area contributed by atoms with Gasteiger partial charge in [0.2, 0.25) is 0 Å². The molecule has 44 heavy (non-hydrogen) atoms. The Morgan fingerprint density at radius 3 is 2.34 bits per heavy atom. The van der Waals surface area contributed by atoms with Crippen molar-refractivity contribution in [1.29, 1.82) is 0 Å². The van der Waals surface area contributed by atoms with E-state index in [1.54, 1.807) is 0 Å². The zero-order valence-electron chi connectivity index (χ0n) is 25.8. The second-order valence-corrected chi connectivity index (χ2v) is 12.1. The lowest BCUT2D eigenvalue weighted by Crippen LogP contribution is -2.38. The molecule has 230 valence electrons. The number of carboxylic acid groups (broad SMARTS) is 1. The molecule has 2 aliphatic heterocycles. The fraction of sp³-hybridized carbons (Fsp3) is 0.382. The lowest BCUT2D eigenvalue weighted by Gasteiger charge is -2.25. The molecule has 1 fully saturated rings. The van der Waals surface area contributed by atoms with Crippen LogP contribution in [0.2, 0.25) is 0 Å². The van der Waals surface area contributed by atoms with Gasteiger partial charge in [0.05, 0.1) is 30.1 Å². The number of hydrogen-bond acceptors (Lipinski definition) is 6. The highest BCUT2D eigenvalue weighted by molar-refractivity contribution is 6.19. The number of fused-ring (bicyclic) bond motifs is 8. The maximum absolute atomic E-state index is 14.0. The molecule has 3 aliphatic rings. The molecule has 0 amide bonds. The SMILES string of the molecule is CCc1c2[nH]c(c1C)/C=c1\[nH]c(c(C)\c1=C/O)/C=C1\NC(C3=c4[nH]/c(c(C)c4C(=O)[C@@H]3C(=O)OC)=C\2)[C@@H](CCC(=O)O)[C@@H]1C. The van der Waals surface area contributed by atoms with Gasteiger partial charge in [-0.3, -0.25) is 14.4 Å². The number of aliphatic carboxylic acids is 1. The zero-order valence-corrected chi connectivity index (χ0v) is 25.8. The van der Waals surface area contributed by atoms with Crippen LogP contribution in [0, 0.1) is 38.5 Å². The van der Waals surface area contributed by atoms with Crippen LogP contribution in [0.1, 0.15) is 76.4 Å². The molecule has 6 rings (SSSR count). The molecule has 1 saturated heterocycles. The summed E-state index contributed by atoms with van der Waals surface area (Å²) in [7, 11) is 1.28. The summed E-state index contributed by atoms with van der Waals surface area (Å²) in [6.07, 6.45) is 8.15. The number of H-pyrrole nitrogens is 3. The maximum atomic E-state index is 14.0. The molecule has 8 bridgehead atoms. The number of ketones is 1. The van der Waals surface area contributed by atoms with Crippen molar-refractivity contribution in [3.63, 3.8) is 0 Å². The molecule has 1 unspecified atom stereocenters. The summed E-state index contributed by atoms with van der Waals surface area (Å²) < 4.78 is 5.15. The topological polar surface area (TPSA) is 160 Å². The van der Waals surface area contributed by atoms with Crippen molar-refractivity contribution >= 4 is 47.8 Å². The number of aliphatic hydroxyl groups is 1. The summed E-state index contributed by atoms with van der Waals surface area (Å²) in [4.78, 5) is 49.5. The van der Waals surface area contributed by atoms with E-state index in [0.29, 0.717) is 28.1 Å². The average molecular weight is 599 g/mol. The Labute approximate surface area is 253 Å². The molecular weight excluding hydrogens is 560 g/mol. The monoisotopic (exact) mass is 598 g/mol. The van der Waals surface area contributed by atoms with Crippen LogP contribution in [0.4, 0.5) is 0 Å². The number of carbonyl (C=O) groups is 3. The first-order chi connectivity index (χ1) is 21.0. The minimum Gasteiger partial charge on any atom is -0.515 e. The van der Waals surface area contributed by atoms with Crippen LogP contribution in [-0.4, -0.2) is 56.0 Å². The lowest BCUT2D eigenvalue weighted by molar-refractivity contribution is -0.142. The number of aromatic amines is 3. The second kappa shape index (κ2) is 10.8. The third kappa shape index (κ3) is 4.34. The van der Waals surface area contributed by atoms with Crippen molar-refractivity contribution in [2.24, 2.45) is 17.8 Å². The van der Waals surface area contributed by atoms with E-state index in [2.05, 4.69) is 34.1 Å². The fourth-order valence-corrected chi connectivity index (χ4v) is 7.45. The summed E-state index contributed by atoms with van der Waals surface area (Å²) in [6.45, 7) is 10.00. The van der Waals surface area contributed by atoms with Crippen LogP contribution in [0.5, 0.6) is 0 Å². The third-order valence-corrected chi connectivity index (χ3v) is 9.92. The number of carbonyl (C=O) groups excluding carboxylic acids is 2. The molecule has 3 aromatic heterocycles. The van der Waals surface area contributed by atoms with Gasteiger partial charge in [-0.2, -0.15) is 0 Å². The molecule has 4 atom stereocenters. The van der Waals surface area contributed by atoms with Gasteiger partial charge >= 0.3 is 11.9 Å². The predicted octanol–water partition coefficient (Wildman–Crippen LogP) is 1.69. The summed E-state index contributed by atoms with van der Waals surface area (Å²) >= 11 is 0. The predicted molar refractivity (Wildman–Crippen MR) is 166 cm³/mol. The van der Waals surface area contributed by atoms with E-state index in [9.17, 15) is 24.6 Å². The maximum Gasteiger partial charge on any atom is 0.320 e. The molecule has 10 heteroatoms. The Hall–Kier alpha value is -4.73. The van der Waals surface area contributed by atoms with Gasteiger partial charge < -0.3 is 35.2 Å². The van der Waals surface area contributed by atoms with Crippen LogP contribution < -0.4 is 26.6 Å². The molecule has 6 N–H and O–H groups in total. The van der Waals surface area contributed by atoms with E-state index >= 15 is 0 Å². The van der Waals surface area contributed by atoms with E-state index in [4.69, 9.17) is 4.74 Å². The molecule has 0 saturated carbocycles. The Morgan fingerprint density at radius 1 is 0.977 bits per heavy atom. The Morgan fingerprint density at radius 2 is 1.68 bits per heavy atom. The number of Topliss-reactive ketones (excluding diaryl/α,β-unsaturated/α-hetero) is 1. The van der Waals surface area contributed by atoms with Gasteiger partial charge in [0.15, 0.2) is 5.78 Å². The van der Waals surface area contributed by atoms with Gasteiger partial charge in [0.1, 0.15) is 5.92 Å². The van der Waals surface area contributed by atoms with Crippen molar-refractivity contribution in [2.45, 2.75) is 59.9 Å². The second-order valence-electron chi connectivity index (χ2n) is 12.1. The minimum atomic E-state index is -1.14. The lowest BCUT2D eigenvalue weighted by atomic mass is 9.80. The smallest absolute Gasteiger partial charge is 0.320 e. The van der Waals surface area contributed by atoms with Crippen LogP contribution >= 0.6 is 0 Å². The molecular formula is C34H38N4O6. The van der Waals surface area contributed by atoms with Gasteiger partial charge in [-0.25, -0.2) is 0 Å². The molecule has 10 nitrogen and oxygen atoms in total. The highest BCUT2D eigenvalue weighted by Crippen LogP contribution is 2.42. The third-order valence-electron chi connectivity index (χ3n) is 9.92. The first-order valence-corrected chi connectivity index (χ1v) is 15.0. The number of aliphatic hydroxyl groups excluding tert-OH is 1. The molecule has 0 spiro atoms. The molecule has 0 aromatic carbocycles.